The van der Waals surface area contributed by atoms with Crippen LogP contribution in [0.25, 0.3) is 0 Å². The maximum atomic E-state index is 13.8. The lowest BCUT2D eigenvalue weighted by Gasteiger charge is -2.41. The number of amides is 4. The van der Waals surface area contributed by atoms with E-state index in [0.29, 0.717) is 24.4 Å². The maximum absolute atomic E-state index is 13.8. The summed E-state index contributed by atoms with van der Waals surface area (Å²) < 4.78 is 5.48. The Bertz CT molecular complexity index is 1360. The van der Waals surface area contributed by atoms with E-state index in [1.165, 1.54) is 5.56 Å². The van der Waals surface area contributed by atoms with E-state index in [0.717, 1.165) is 36.1 Å². The number of aryl methyl sites for hydroxylation is 2. The molecule has 2 unspecified atom stereocenters. The van der Waals surface area contributed by atoms with Crippen molar-refractivity contribution < 1.29 is 19.1 Å². The summed E-state index contributed by atoms with van der Waals surface area (Å²) in [5.74, 6) is 0.265. The molecule has 1 fully saturated rings. The maximum Gasteiger partial charge on any atom is 0.321 e. The molecule has 3 aromatic carbocycles. The van der Waals surface area contributed by atoms with Gasteiger partial charge in [0.05, 0.1) is 19.2 Å². The highest BCUT2D eigenvalue weighted by Crippen LogP contribution is 2.30. The number of urea groups is 1. The van der Waals surface area contributed by atoms with E-state index in [1.807, 2.05) is 38.1 Å². The average Bonchev–Trinajstić information content (AvgIpc) is 2.98. The van der Waals surface area contributed by atoms with Gasteiger partial charge in [0, 0.05) is 24.3 Å². The van der Waals surface area contributed by atoms with Crippen LogP contribution >= 0.6 is 0 Å². The number of anilines is 1. The van der Waals surface area contributed by atoms with Crippen LogP contribution in [-0.4, -0.2) is 59.9 Å². The normalized spacial score (nSPS) is 18.4. The van der Waals surface area contributed by atoms with Crippen LogP contribution in [0.5, 0.6) is 5.75 Å². The molecule has 1 heterocycles. The highest BCUT2D eigenvalue weighted by Gasteiger charge is 2.38. The molecule has 2 aliphatic rings. The van der Waals surface area contributed by atoms with Gasteiger partial charge in [-0.3, -0.25) is 9.59 Å². The van der Waals surface area contributed by atoms with Crippen molar-refractivity contribution in [2.24, 2.45) is 0 Å². The number of rotatable bonds is 6. The molecule has 2 atom stereocenters. The van der Waals surface area contributed by atoms with Crippen molar-refractivity contribution in [3.05, 3.63) is 95.1 Å². The molecule has 4 amide bonds. The third-order valence-electron chi connectivity index (χ3n) is 7.63. The van der Waals surface area contributed by atoms with E-state index >= 15 is 0 Å². The van der Waals surface area contributed by atoms with E-state index in [2.05, 4.69) is 22.8 Å². The van der Waals surface area contributed by atoms with Gasteiger partial charge in [-0.2, -0.15) is 0 Å². The molecule has 208 valence electrons. The summed E-state index contributed by atoms with van der Waals surface area (Å²) in [5, 5.41) is 6.13. The predicted octanol–water partition coefficient (Wildman–Crippen LogP) is 4.95. The Balaban J connectivity index is 1.34. The number of benzene rings is 3. The fourth-order valence-corrected chi connectivity index (χ4v) is 5.47. The number of ether oxygens (including phenoxy) is 1. The largest absolute Gasteiger partial charge is 0.494 e. The summed E-state index contributed by atoms with van der Waals surface area (Å²) in [5.41, 5.74) is 4.58. The first-order valence-corrected chi connectivity index (χ1v) is 14.0. The van der Waals surface area contributed by atoms with Gasteiger partial charge in [0.2, 0.25) is 5.91 Å². The average molecular weight is 541 g/mol. The first-order valence-electron chi connectivity index (χ1n) is 14.0. The number of nitrogens with one attached hydrogen (secondary N) is 2. The van der Waals surface area contributed by atoms with Crippen LogP contribution in [0.15, 0.2) is 72.8 Å². The van der Waals surface area contributed by atoms with Crippen molar-refractivity contribution in [3.8, 4) is 5.75 Å². The number of hydrogen-bond acceptors (Lipinski definition) is 4. The predicted molar refractivity (Wildman–Crippen MR) is 154 cm³/mol. The highest BCUT2D eigenvalue weighted by atomic mass is 16.5. The number of piperazine rings is 1. The second-order valence-electron chi connectivity index (χ2n) is 10.4. The zero-order chi connectivity index (χ0) is 28.1. The molecule has 1 aliphatic carbocycles. The Kier molecular flexibility index (Phi) is 8.34. The van der Waals surface area contributed by atoms with Crippen molar-refractivity contribution in [2.45, 2.75) is 45.2 Å². The second kappa shape index (κ2) is 12.2. The molecular formula is C32H36N4O4. The number of fused-ring (bicyclic) bond motifs is 1. The van der Waals surface area contributed by atoms with Crippen LogP contribution in [0.2, 0.25) is 0 Å². The van der Waals surface area contributed by atoms with Crippen molar-refractivity contribution in [1.29, 1.82) is 0 Å². The lowest BCUT2D eigenvalue weighted by atomic mass is 9.87. The Labute approximate surface area is 235 Å². The Morgan fingerprint density at radius 3 is 2.45 bits per heavy atom. The zero-order valence-electron chi connectivity index (χ0n) is 23.1. The van der Waals surface area contributed by atoms with Crippen molar-refractivity contribution in [3.63, 3.8) is 0 Å². The molecule has 3 aromatic rings. The minimum atomic E-state index is -0.817. The quantitative estimate of drug-likeness (QED) is 0.463. The smallest absolute Gasteiger partial charge is 0.321 e. The van der Waals surface area contributed by atoms with Crippen molar-refractivity contribution in [1.82, 2.24) is 15.1 Å². The number of carbonyl (C=O) groups excluding carboxylic acids is 3. The van der Waals surface area contributed by atoms with Gasteiger partial charge in [0.15, 0.2) is 0 Å². The summed E-state index contributed by atoms with van der Waals surface area (Å²) in [6, 6.07) is 21.4. The van der Waals surface area contributed by atoms with Crippen molar-refractivity contribution in [2.75, 3.05) is 31.6 Å². The second-order valence-corrected chi connectivity index (χ2v) is 10.4. The van der Waals surface area contributed by atoms with Gasteiger partial charge in [0.25, 0.3) is 5.91 Å². The zero-order valence-corrected chi connectivity index (χ0v) is 23.1. The van der Waals surface area contributed by atoms with Crippen LogP contribution in [-0.2, 0) is 11.2 Å². The standard InChI is InChI=1S/C32H36N4O4/c1-3-40-26-17-15-25(16-18-26)33-32(39)35-19-20-36(31(38)24-13-11-22(2)12-14-24)29(21-35)30(37)34-28-10-6-8-23-7-4-5-9-27(23)28/h4-5,7,9,11-18,28-29H,3,6,8,10,19-21H2,1-2H3,(H,33,39)(H,34,37). The molecule has 0 radical (unpaired) electrons. The summed E-state index contributed by atoms with van der Waals surface area (Å²) in [6.45, 7) is 5.11. The van der Waals surface area contributed by atoms with E-state index in [-0.39, 0.29) is 37.0 Å². The fraction of sp³-hybridized carbons (Fsp3) is 0.344. The summed E-state index contributed by atoms with van der Waals surface area (Å²) >= 11 is 0. The van der Waals surface area contributed by atoms with Crippen LogP contribution < -0.4 is 15.4 Å². The first kappa shape index (κ1) is 27.2. The Morgan fingerprint density at radius 2 is 1.70 bits per heavy atom. The van der Waals surface area contributed by atoms with E-state index in [9.17, 15) is 14.4 Å². The van der Waals surface area contributed by atoms with Gasteiger partial charge >= 0.3 is 6.03 Å². The van der Waals surface area contributed by atoms with Gasteiger partial charge in [-0.1, -0.05) is 42.0 Å². The third-order valence-corrected chi connectivity index (χ3v) is 7.63. The molecular weight excluding hydrogens is 504 g/mol. The molecule has 5 rings (SSSR count). The monoisotopic (exact) mass is 540 g/mol. The van der Waals surface area contributed by atoms with Gasteiger partial charge in [-0.05, 0) is 80.6 Å². The number of nitrogens with zero attached hydrogens (tertiary/aromatic N) is 2. The molecule has 2 N–H and O–H groups in total. The van der Waals surface area contributed by atoms with Crippen LogP contribution in [0.4, 0.5) is 10.5 Å². The van der Waals surface area contributed by atoms with Gasteiger partial charge in [-0.25, -0.2) is 4.79 Å². The van der Waals surface area contributed by atoms with E-state index in [1.54, 1.807) is 46.2 Å². The molecule has 0 saturated carbocycles. The molecule has 1 aliphatic heterocycles. The number of carbonyl (C=O) groups is 3. The van der Waals surface area contributed by atoms with E-state index in [4.69, 9.17) is 4.74 Å². The minimum absolute atomic E-state index is 0.0979. The Hall–Kier alpha value is -4.33. The third kappa shape index (κ3) is 6.11. The lowest BCUT2D eigenvalue weighted by Crippen LogP contribution is -2.62. The van der Waals surface area contributed by atoms with Gasteiger partial charge < -0.3 is 25.2 Å². The Morgan fingerprint density at radius 1 is 0.950 bits per heavy atom. The molecule has 8 nitrogen and oxygen atoms in total. The number of hydrogen-bond donors (Lipinski definition) is 2. The summed E-state index contributed by atoms with van der Waals surface area (Å²) in [4.78, 5) is 43.9. The SMILES string of the molecule is CCOc1ccc(NC(=O)N2CCN(C(=O)c3ccc(C)cc3)C(C(=O)NC3CCCc4ccccc43)C2)cc1. The first-order chi connectivity index (χ1) is 19.4. The highest BCUT2D eigenvalue weighted by molar-refractivity contribution is 5.98. The van der Waals surface area contributed by atoms with Crippen molar-refractivity contribution >= 4 is 23.5 Å². The molecule has 0 spiro atoms. The lowest BCUT2D eigenvalue weighted by molar-refractivity contribution is -0.128. The molecule has 40 heavy (non-hydrogen) atoms. The molecule has 8 heteroatoms. The van der Waals surface area contributed by atoms with E-state index < -0.39 is 6.04 Å². The summed E-state index contributed by atoms with van der Waals surface area (Å²) in [6.07, 6.45) is 2.81. The van der Waals surface area contributed by atoms with Crippen LogP contribution in [0.3, 0.4) is 0 Å². The van der Waals surface area contributed by atoms with Gasteiger partial charge in [-0.15, -0.1) is 0 Å². The summed E-state index contributed by atoms with van der Waals surface area (Å²) in [7, 11) is 0. The van der Waals surface area contributed by atoms with Gasteiger partial charge in [0.1, 0.15) is 11.8 Å². The minimum Gasteiger partial charge on any atom is -0.494 e. The molecule has 0 bridgehead atoms. The molecule has 1 saturated heterocycles. The topological polar surface area (TPSA) is 91.0 Å². The molecule has 0 aromatic heterocycles. The van der Waals surface area contributed by atoms with Crippen LogP contribution in [0.1, 0.15) is 52.9 Å². The fourth-order valence-electron chi connectivity index (χ4n) is 5.47. The van der Waals surface area contributed by atoms with Crippen LogP contribution in [0, 0.1) is 6.92 Å².